The number of carbonyl (C=O) groups excluding carboxylic acids is 1. The number of hydrogen-bond donors (Lipinski definition) is 1. The molecule has 1 aromatic rings. The zero-order valence-electron chi connectivity index (χ0n) is 12.9. The molecule has 0 aromatic carbocycles. The third-order valence-electron chi connectivity index (χ3n) is 4.28. The van der Waals surface area contributed by atoms with Crippen molar-refractivity contribution in [2.75, 3.05) is 13.7 Å². The number of aryl methyl sites for hydroxylation is 1. The molecule has 1 atom stereocenters. The first-order valence-corrected chi connectivity index (χ1v) is 7.37. The van der Waals surface area contributed by atoms with Gasteiger partial charge in [-0.25, -0.2) is 9.78 Å². The third-order valence-corrected chi connectivity index (χ3v) is 4.28. The highest BCUT2D eigenvalue weighted by Crippen LogP contribution is 2.41. The van der Waals surface area contributed by atoms with E-state index in [9.17, 15) is 4.79 Å². The molecule has 0 spiro atoms. The zero-order chi connectivity index (χ0) is 14.8. The second kappa shape index (κ2) is 5.95. The average Bonchev–Trinajstić information content (AvgIpc) is 3.25. The molecule has 20 heavy (non-hydrogen) atoms. The van der Waals surface area contributed by atoms with Gasteiger partial charge in [-0.2, -0.15) is 0 Å². The van der Waals surface area contributed by atoms with E-state index in [4.69, 9.17) is 4.74 Å². The highest BCUT2D eigenvalue weighted by molar-refractivity contribution is 5.81. The molecule has 1 unspecified atom stereocenters. The van der Waals surface area contributed by atoms with E-state index in [0.29, 0.717) is 12.5 Å². The topological polar surface area (TPSA) is 56.2 Å². The summed E-state index contributed by atoms with van der Waals surface area (Å²) in [4.78, 5) is 16.8. The van der Waals surface area contributed by atoms with Gasteiger partial charge in [-0.05, 0) is 45.6 Å². The quantitative estimate of drug-likeness (QED) is 0.774. The van der Waals surface area contributed by atoms with Crippen molar-refractivity contribution in [3.63, 3.8) is 0 Å². The molecule has 2 rings (SSSR count). The van der Waals surface area contributed by atoms with Gasteiger partial charge in [0.2, 0.25) is 0 Å². The maximum Gasteiger partial charge on any atom is 0.328 e. The number of esters is 1. The van der Waals surface area contributed by atoms with Crippen LogP contribution in [0.15, 0.2) is 6.33 Å². The van der Waals surface area contributed by atoms with Gasteiger partial charge in [-0.3, -0.25) is 0 Å². The van der Waals surface area contributed by atoms with Crippen LogP contribution in [0.2, 0.25) is 0 Å². The summed E-state index contributed by atoms with van der Waals surface area (Å²) in [6.45, 7) is 7.54. The monoisotopic (exact) mass is 279 g/mol. The molecule has 112 valence electrons. The lowest BCUT2D eigenvalue weighted by Crippen LogP contribution is -2.57. The first-order chi connectivity index (χ1) is 9.55. The molecule has 0 amide bonds. The van der Waals surface area contributed by atoms with Crippen molar-refractivity contribution in [1.29, 1.82) is 0 Å². The molecule has 1 aromatic heterocycles. The van der Waals surface area contributed by atoms with E-state index in [1.165, 1.54) is 7.11 Å². The van der Waals surface area contributed by atoms with Crippen molar-refractivity contribution in [2.45, 2.75) is 52.1 Å². The molecule has 1 aliphatic rings. The maximum absolute atomic E-state index is 12.4. The molecule has 1 aliphatic carbocycles. The van der Waals surface area contributed by atoms with E-state index < -0.39 is 5.54 Å². The molecule has 0 bridgehead atoms. The number of aromatic nitrogens is 2. The van der Waals surface area contributed by atoms with Crippen LogP contribution < -0.4 is 5.32 Å². The van der Waals surface area contributed by atoms with Gasteiger partial charge in [0.15, 0.2) is 0 Å². The predicted molar refractivity (Wildman–Crippen MR) is 77.5 cm³/mol. The van der Waals surface area contributed by atoms with Crippen molar-refractivity contribution in [2.24, 2.45) is 5.92 Å². The lowest BCUT2D eigenvalue weighted by molar-refractivity contribution is -0.150. The number of rotatable bonds is 7. The van der Waals surface area contributed by atoms with E-state index in [0.717, 1.165) is 37.2 Å². The molecule has 1 fully saturated rings. The van der Waals surface area contributed by atoms with Crippen molar-refractivity contribution >= 4 is 5.97 Å². The summed E-state index contributed by atoms with van der Waals surface area (Å²) in [7, 11) is 1.47. The Hall–Kier alpha value is -1.36. The van der Waals surface area contributed by atoms with Crippen LogP contribution >= 0.6 is 0 Å². The minimum Gasteiger partial charge on any atom is -0.468 e. The van der Waals surface area contributed by atoms with E-state index >= 15 is 0 Å². The number of methoxy groups -OCH3 is 1. The van der Waals surface area contributed by atoms with E-state index in [1.54, 1.807) is 0 Å². The summed E-state index contributed by atoms with van der Waals surface area (Å²) in [5.41, 5.74) is 1.51. The summed E-state index contributed by atoms with van der Waals surface area (Å²) in [6.07, 6.45) is 4.98. The fourth-order valence-corrected chi connectivity index (χ4v) is 2.71. The molecule has 0 aliphatic heterocycles. The number of nitrogens with zero attached hydrogens (tertiary/aromatic N) is 2. The number of imidazole rings is 1. The summed E-state index contributed by atoms with van der Waals surface area (Å²) < 4.78 is 7.16. The van der Waals surface area contributed by atoms with Crippen molar-refractivity contribution < 1.29 is 9.53 Å². The summed E-state index contributed by atoms with van der Waals surface area (Å²) >= 11 is 0. The number of nitrogens with one attached hydrogen (secondary N) is 1. The molecule has 1 N–H and O–H groups in total. The SMILES string of the molecule is CCCNC(Cn1cnc(C)c1C)(C(=O)OC)C1CC1. The van der Waals surface area contributed by atoms with Gasteiger partial charge in [0, 0.05) is 5.69 Å². The van der Waals surface area contributed by atoms with Gasteiger partial charge in [-0.15, -0.1) is 0 Å². The first kappa shape index (κ1) is 15.0. The zero-order valence-corrected chi connectivity index (χ0v) is 12.9. The van der Waals surface area contributed by atoms with Crippen molar-refractivity contribution in [3.8, 4) is 0 Å². The van der Waals surface area contributed by atoms with E-state index in [-0.39, 0.29) is 5.97 Å². The fraction of sp³-hybridized carbons (Fsp3) is 0.733. The minimum atomic E-state index is -0.608. The molecule has 5 heteroatoms. The van der Waals surface area contributed by atoms with Crippen molar-refractivity contribution in [1.82, 2.24) is 14.9 Å². The molecule has 1 saturated carbocycles. The van der Waals surface area contributed by atoms with Crippen LogP contribution in [0.4, 0.5) is 0 Å². The Morgan fingerprint density at radius 1 is 1.55 bits per heavy atom. The van der Waals surface area contributed by atoms with E-state index in [2.05, 4.69) is 21.8 Å². The number of hydrogen-bond acceptors (Lipinski definition) is 4. The summed E-state index contributed by atoms with van der Waals surface area (Å²) in [5.74, 6) is 0.211. The third kappa shape index (κ3) is 2.73. The van der Waals surface area contributed by atoms with Gasteiger partial charge in [0.25, 0.3) is 0 Å². The van der Waals surface area contributed by atoms with Gasteiger partial charge in [-0.1, -0.05) is 6.92 Å². The van der Waals surface area contributed by atoms with Gasteiger partial charge >= 0.3 is 5.97 Å². The Morgan fingerprint density at radius 2 is 2.25 bits per heavy atom. The van der Waals surface area contributed by atoms with Crippen LogP contribution in [0.1, 0.15) is 37.6 Å². The Bertz CT molecular complexity index is 479. The number of carbonyl (C=O) groups is 1. The van der Waals surface area contributed by atoms with Crippen molar-refractivity contribution in [3.05, 3.63) is 17.7 Å². The average molecular weight is 279 g/mol. The van der Waals surface area contributed by atoms with Crippen LogP contribution in [0.5, 0.6) is 0 Å². The lowest BCUT2D eigenvalue weighted by Gasteiger charge is -2.33. The van der Waals surface area contributed by atoms with E-state index in [1.807, 2.05) is 20.2 Å². The Labute approximate surface area is 120 Å². The molecule has 0 radical (unpaired) electrons. The maximum atomic E-state index is 12.4. The van der Waals surface area contributed by atoms with Gasteiger partial charge in [0.1, 0.15) is 5.54 Å². The Kier molecular flexibility index (Phi) is 4.48. The lowest BCUT2D eigenvalue weighted by atomic mass is 9.92. The summed E-state index contributed by atoms with van der Waals surface area (Å²) in [5, 5.41) is 3.46. The standard InChI is InChI=1S/C15H25N3O2/c1-5-8-17-15(13-6-7-13,14(19)20-4)9-18-10-16-11(2)12(18)3/h10,13,17H,5-9H2,1-4H3. The second-order valence-corrected chi connectivity index (χ2v) is 5.71. The highest BCUT2D eigenvalue weighted by Gasteiger charge is 2.52. The molecule has 0 saturated heterocycles. The van der Waals surface area contributed by atoms with Crippen LogP contribution in [0.25, 0.3) is 0 Å². The van der Waals surface area contributed by atoms with Crippen LogP contribution in [0, 0.1) is 19.8 Å². The van der Waals surface area contributed by atoms with Crippen LogP contribution in [-0.4, -0.2) is 34.7 Å². The second-order valence-electron chi connectivity index (χ2n) is 5.71. The molecular weight excluding hydrogens is 254 g/mol. The first-order valence-electron chi connectivity index (χ1n) is 7.37. The summed E-state index contributed by atoms with van der Waals surface area (Å²) in [6, 6.07) is 0. The molecule has 5 nitrogen and oxygen atoms in total. The Morgan fingerprint density at radius 3 is 2.70 bits per heavy atom. The number of ether oxygens (including phenoxy) is 1. The fourth-order valence-electron chi connectivity index (χ4n) is 2.71. The van der Waals surface area contributed by atoms with Gasteiger partial charge < -0.3 is 14.6 Å². The van der Waals surface area contributed by atoms with Gasteiger partial charge in [0.05, 0.1) is 25.7 Å². The minimum absolute atomic E-state index is 0.154. The largest absolute Gasteiger partial charge is 0.468 e. The normalized spacial score (nSPS) is 17.8. The molecular formula is C15H25N3O2. The molecule has 1 heterocycles. The predicted octanol–water partition coefficient (Wildman–Crippen LogP) is 1.82. The Balaban J connectivity index is 2.29. The smallest absolute Gasteiger partial charge is 0.328 e. The van der Waals surface area contributed by atoms with Crippen LogP contribution in [-0.2, 0) is 16.1 Å². The van der Waals surface area contributed by atoms with Crippen LogP contribution in [0.3, 0.4) is 0 Å². The highest BCUT2D eigenvalue weighted by atomic mass is 16.5.